The van der Waals surface area contributed by atoms with Crippen molar-refractivity contribution in [1.82, 2.24) is 9.97 Å². The van der Waals surface area contributed by atoms with E-state index >= 15 is 0 Å². The standard InChI is InChI=1S/C8H10BrClN2/c1-8(2,5-9)6-3-12-7(10)4-11-6/h3-4H,5H2,1-2H3. The van der Waals surface area contributed by atoms with Crippen molar-refractivity contribution in [2.24, 2.45) is 0 Å². The number of nitrogens with zero attached hydrogens (tertiary/aromatic N) is 2. The number of alkyl halides is 1. The summed E-state index contributed by atoms with van der Waals surface area (Å²) in [7, 11) is 0. The lowest BCUT2D eigenvalue weighted by Gasteiger charge is -2.19. The third-order valence-corrected chi connectivity index (χ3v) is 3.24. The van der Waals surface area contributed by atoms with Gasteiger partial charge in [0.2, 0.25) is 0 Å². The number of rotatable bonds is 2. The van der Waals surface area contributed by atoms with Crippen LogP contribution in [0.5, 0.6) is 0 Å². The van der Waals surface area contributed by atoms with Crippen molar-refractivity contribution in [1.29, 1.82) is 0 Å². The van der Waals surface area contributed by atoms with Crippen molar-refractivity contribution in [2.75, 3.05) is 5.33 Å². The topological polar surface area (TPSA) is 25.8 Å². The average Bonchev–Trinajstić information content (AvgIpc) is 2.05. The first kappa shape index (κ1) is 9.93. The molecule has 0 fully saturated rings. The van der Waals surface area contributed by atoms with Crippen LogP contribution in [0.1, 0.15) is 19.5 Å². The van der Waals surface area contributed by atoms with Gasteiger partial charge in [0.25, 0.3) is 0 Å². The summed E-state index contributed by atoms with van der Waals surface area (Å²) >= 11 is 9.04. The zero-order valence-electron chi connectivity index (χ0n) is 7.01. The molecule has 66 valence electrons. The maximum Gasteiger partial charge on any atom is 0.147 e. The van der Waals surface area contributed by atoms with Crippen molar-refractivity contribution in [3.8, 4) is 0 Å². The molecule has 1 aromatic heterocycles. The third kappa shape index (κ3) is 2.17. The minimum atomic E-state index is 0.0115. The SMILES string of the molecule is CC(C)(CBr)c1cnc(Cl)cn1. The van der Waals surface area contributed by atoms with E-state index in [0.717, 1.165) is 11.0 Å². The Labute approximate surface area is 85.5 Å². The molecule has 2 nitrogen and oxygen atoms in total. The Morgan fingerprint density at radius 3 is 2.50 bits per heavy atom. The summed E-state index contributed by atoms with van der Waals surface area (Å²) in [5.41, 5.74) is 0.959. The van der Waals surface area contributed by atoms with Crippen LogP contribution in [0, 0.1) is 0 Å². The van der Waals surface area contributed by atoms with Crippen molar-refractivity contribution in [3.63, 3.8) is 0 Å². The number of aromatic nitrogens is 2. The smallest absolute Gasteiger partial charge is 0.147 e. The van der Waals surface area contributed by atoms with E-state index in [2.05, 4.69) is 39.7 Å². The van der Waals surface area contributed by atoms with Gasteiger partial charge in [-0.15, -0.1) is 0 Å². The molecule has 12 heavy (non-hydrogen) atoms. The fourth-order valence-electron chi connectivity index (χ4n) is 0.730. The van der Waals surface area contributed by atoms with Gasteiger partial charge in [0, 0.05) is 10.7 Å². The van der Waals surface area contributed by atoms with Crippen LogP contribution in [0.2, 0.25) is 5.15 Å². The molecule has 1 heterocycles. The molecule has 0 bridgehead atoms. The Morgan fingerprint density at radius 1 is 1.42 bits per heavy atom. The summed E-state index contributed by atoms with van der Waals surface area (Å²) in [6, 6.07) is 0. The summed E-state index contributed by atoms with van der Waals surface area (Å²) in [5.74, 6) is 0. The first-order chi connectivity index (χ1) is 5.56. The normalized spacial score (nSPS) is 11.7. The molecule has 0 atom stereocenters. The van der Waals surface area contributed by atoms with Crippen LogP contribution in [0.4, 0.5) is 0 Å². The minimum absolute atomic E-state index is 0.0115. The van der Waals surface area contributed by atoms with Gasteiger partial charge in [-0.25, -0.2) is 4.98 Å². The van der Waals surface area contributed by atoms with E-state index in [1.807, 2.05) is 0 Å². The molecule has 0 saturated heterocycles. The molecular formula is C8H10BrClN2. The first-order valence-electron chi connectivity index (χ1n) is 3.60. The molecule has 0 radical (unpaired) electrons. The number of halogens is 2. The zero-order valence-corrected chi connectivity index (χ0v) is 9.35. The summed E-state index contributed by atoms with van der Waals surface area (Å²) < 4.78 is 0. The molecule has 0 aliphatic rings. The molecule has 0 amide bonds. The zero-order chi connectivity index (χ0) is 9.19. The van der Waals surface area contributed by atoms with Gasteiger partial charge in [0.1, 0.15) is 5.15 Å². The molecule has 0 saturated carbocycles. The summed E-state index contributed by atoms with van der Waals surface area (Å²) in [6.07, 6.45) is 3.28. The Hall–Kier alpha value is -0.150. The quantitative estimate of drug-likeness (QED) is 0.753. The lowest BCUT2D eigenvalue weighted by Crippen LogP contribution is -2.20. The largest absolute Gasteiger partial charge is 0.256 e. The molecule has 0 N–H and O–H groups in total. The maximum atomic E-state index is 5.62. The van der Waals surface area contributed by atoms with Crippen molar-refractivity contribution >= 4 is 27.5 Å². The van der Waals surface area contributed by atoms with Gasteiger partial charge in [-0.1, -0.05) is 41.4 Å². The highest BCUT2D eigenvalue weighted by molar-refractivity contribution is 9.09. The maximum absolute atomic E-state index is 5.62. The second-order valence-electron chi connectivity index (χ2n) is 3.24. The van der Waals surface area contributed by atoms with Crippen molar-refractivity contribution in [2.45, 2.75) is 19.3 Å². The Morgan fingerprint density at radius 2 is 2.08 bits per heavy atom. The average molecular weight is 250 g/mol. The van der Waals surface area contributed by atoms with Crippen LogP contribution in [0.25, 0.3) is 0 Å². The Bertz CT molecular complexity index is 258. The molecule has 4 heteroatoms. The van der Waals surface area contributed by atoms with E-state index < -0.39 is 0 Å². The lowest BCUT2D eigenvalue weighted by atomic mass is 9.93. The van der Waals surface area contributed by atoms with Crippen LogP contribution in [-0.4, -0.2) is 15.3 Å². The van der Waals surface area contributed by atoms with Gasteiger partial charge < -0.3 is 0 Å². The highest BCUT2D eigenvalue weighted by Gasteiger charge is 2.20. The molecule has 0 spiro atoms. The lowest BCUT2D eigenvalue weighted by molar-refractivity contribution is 0.580. The summed E-state index contributed by atoms with van der Waals surface area (Å²) in [6.45, 7) is 4.19. The predicted octanol–water partition coefficient (Wildman–Crippen LogP) is 2.80. The van der Waals surface area contributed by atoms with Crippen LogP contribution in [0.3, 0.4) is 0 Å². The van der Waals surface area contributed by atoms with Gasteiger partial charge in [0.05, 0.1) is 18.1 Å². The van der Waals surface area contributed by atoms with Gasteiger partial charge >= 0.3 is 0 Å². The Balaban J connectivity index is 2.96. The Kier molecular flexibility index (Phi) is 3.07. The van der Waals surface area contributed by atoms with E-state index in [0.29, 0.717) is 5.15 Å². The van der Waals surface area contributed by atoms with Crippen molar-refractivity contribution < 1.29 is 0 Å². The first-order valence-corrected chi connectivity index (χ1v) is 5.10. The van der Waals surface area contributed by atoms with Gasteiger partial charge in [-0.3, -0.25) is 4.98 Å². The second-order valence-corrected chi connectivity index (χ2v) is 4.19. The minimum Gasteiger partial charge on any atom is -0.256 e. The molecule has 1 rings (SSSR count). The fraction of sp³-hybridized carbons (Fsp3) is 0.500. The van der Waals surface area contributed by atoms with E-state index in [9.17, 15) is 0 Å². The number of hydrogen-bond acceptors (Lipinski definition) is 2. The highest BCUT2D eigenvalue weighted by atomic mass is 79.9. The summed E-state index contributed by atoms with van der Waals surface area (Å²) in [5, 5.41) is 1.29. The van der Waals surface area contributed by atoms with Crippen LogP contribution in [0.15, 0.2) is 12.4 Å². The van der Waals surface area contributed by atoms with Crippen LogP contribution >= 0.6 is 27.5 Å². The van der Waals surface area contributed by atoms with Gasteiger partial charge in [0.15, 0.2) is 0 Å². The molecule has 1 aromatic rings. The predicted molar refractivity (Wildman–Crippen MR) is 53.9 cm³/mol. The van der Waals surface area contributed by atoms with E-state index in [1.54, 1.807) is 12.4 Å². The second kappa shape index (κ2) is 3.71. The molecule has 0 aromatic carbocycles. The molecule has 0 aliphatic carbocycles. The van der Waals surface area contributed by atoms with E-state index in [-0.39, 0.29) is 5.41 Å². The highest BCUT2D eigenvalue weighted by Crippen LogP contribution is 2.22. The van der Waals surface area contributed by atoms with Crippen LogP contribution in [-0.2, 0) is 5.41 Å². The van der Waals surface area contributed by atoms with E-state index in [4.69, 9.17) is 11.6 Å². The van der Waals surface area contributed by atoms with Crippen LogP contribution < -0.4 is 0 Å². The monoisotopic (exact) mass is 248 g/mol. The molecular weight excluding hydrogens is 239 g/mol. The number of hydrogen-bond donors (Lipinski definition) is 0. The fourth-order valence-corrected chi connectivity index (χ4v) is 1.12. The van der Waals surface area contributed by atoms with Gasteiger partial charge in [-0.05, 0) is 0 Å². The third-order valence-electron chi connectivity index (χ3n) is 1.65. The molecule has 0 unspecified atom stereocenters. The van der Waals surface area contributed by atoms with Gasteiger partial charge in [-0.2, -0.15) is 0 Å². The molecule has 0 aliphatic heterocycles. The van der Waals surface area contributed by atoms with Crippen molar-refractivity contribution in [3.05, 3.63) is 23.2 Å². The van der Waals surface area contributed by atoms with E-state index in [1.165, 1.54) is 0 Å². The summed E-state index contributed by atoms with van der Waals surface area (Å²) in [4.78, 5) is 8.17.